The number of ether oxygens (including phenoxy) is 2. The number of carbonyl (C=O) groups excluding carboxylic acids is 4. The van der Waals surface area contributed by atoms with E-state index in [9.17, 15) is 23.4 Å². The summed E-state index contributed by atoms with van der Waals surface area (Å²) in [5.74, 6) is 0.399. The van der Waals surface area contributed by atoms with Gasteiger partial charge in [0.05, 0.1) is 0 Å². The molecular weight excluding hydrogens is 661 g/mol. The number of rotatable bonds is 2. The number of hydrogen-bond donors (Lipinski definition) is 0. The molecule has 2 aromatic carbocycles. The lowest BCUT2D eigenvalue weighted by atomic mass is 9.75. The number of likely N-dealkylation sites (tertiary alicyclic amines) is 2. The van der Waals surface area contributed by atoms with Gasteiger partial charge >= 0.3 is 12.2 Å². The number of Topliss-reactive ketones (excluding diaryl/α,β-unsaturated/α-hetero) is 2. The van der Waals surface area contributed by atoms with Gasteiger partial charge in [-0.1, -0.05) is 12.1 Å². The van der Waals surface area contributed by atoms with Gasteiger partial charge in [-0.3, -0.25) is 13.8 Å². The van der Waals surface area contributed by atoms with Gasteiger partial charge in [-0.15, -0.1) is 11.8 Å². The van der Waals surface area contributed by atoms with Gasteiger partial charge in [0.25, 0.3) is 0 Å². The lowest BCUT2D eigenvalue weighted by molar-refractivity contribution is 0.0108. The molecule has 49 heavy (non-hydrogen) atoms. The van der Waals surface area contributed by atoms with Crippen LogP contribution in [0.4, 0.5) is 9.59 Å². The average Bonchev–Trinajstić information content (AvgIpc) is 3.45. The van der Waals surface area contributed by atoms with Gasteiger partial charge in [-0.2, -0.15) is 0 Å². The highest BCUT2D eigenvalue weighted by Crippen LogP contribution is 2.46. The number of hydrogen-bond acceptors (Lipinski definition) is 8. The number of piperidine rings is 2. The first-order valence-corrected chi connectivity index (χ1v) is 19.8. The smallest absolute Gasteiger partial charge is 0.410 e. The molecule has 0 saturated carbocycles. The summed E-state index contributed by atoms with van der Waals surface area (Å²) >= 11 is 1.66. The van der Waals surface area contributed by atoms with E-state index in [1.807, 2.05) is 66.0 Å². The summed E-state index contributed by atoms with van der Waals surface area (Å²) in [6.07, 6.45) is 7.29. The summed E-state index contributed by atoms with van der Waals surface area (Å²) in [4.78, 5) is 55.7. The predicted octanol–water partition coefficient (Wildman–Crippen LogP) is 7.34. The van der Waals surface area contributed by atoms with E-state index in [0.717, 1.165) is 28.0 Å². The molecule has 266 valence electrons. The molecule has 6 rings (SSSR count). The van der Waals surface area contributed by atoms with E-state index in [-0.39, 0.29) is 29.2 Å². The summed E-state index contributed by atoms with van der Waals surface area (Å²) < 4.78 is 22.6. The minimum Gasteiger partial charge on any atom is -0.444 e. The van der Waals surface area contributed by atoms with Crippen LogP contribution in [-0.2, 0) is 33.1 Å². The van der Waals surface area contributed by atoms with Crippen LogP contribution in [0, 0.1) is 10.8 Å². The Balaban J connectivity index is 0.000000191. The highest BCUT2D eigenvalue weighted by molar-refractivity contribution is 7.98. The van der Waals surface area contributed by atoms with Crippen LogP contribution in [-0.4, -0.2) is 87.7 Å². The maximum absolute atomic E-state index is 13.0. The van der Waals surface area contributed by atoms with E-state index in [1.54, 1.807) is 33.9 Å². The Bertz CT molecular complexity index is 1660. The molecular formula is C38H50N2O7S2. The molecule has 2 amide bonds. The highest BCUT2D eigenvalue weighted by Gasteiger charge is 2.49. The third-order valence-corrected chi connectivity index (χ3v) is 11.6. The predicted molar refractivity (Wildman–Crippen MR) is 192 cm³/mol. The molecule has 0 N–H and O–H groups in total. The average molecular weight is 711 g/mol. The molecule has 2 spiro atoms. The van der Waals surface area contributed by atoms with Gasteiger partial charge < -0.3 is 19.3 Å². The van der Waals surface area contributed by atoms with Gasteiger partial charge in [0.15, 0.2) is 11.6 Å². The van der Waals surface area contributed by atoms with Gasteiger partial charge in [0.2, 0.25) is 0 Å². The molecule has 1 unspecified atom stereocenters. The van der Waals surface area contributed by atoms with Crippen molar-refractivity contribution in [1.29, 1.82) is 0 Å². The summed E-state index contributed by atoms with van der Waals surface area (Å²) in [6.45, 7) is 13.4. The molecule has 2 aromatic rings. The minimum atomic E-state index is -1.10. The molecule has 4 aliphatic rings. The number of nitrogens with zero attached hydrogens (tertiary/aromatic N) is 2. The Hall–Kier alpha value is -3.18. The van der Waals surface area contributed by atoms with Crippen molar-refractivity contribution in [2.45, 2.75) is 101 Å². The monoisotopic (exact) mass is 710 g/mol. The molecule has 2 fully saturated rings. The zero-order valence-electron chi connectivity index (χ0n) is 30.1. The van der Waals surface area contributed by atoms with Crippen LogP contribution >= 0.6 is 11.8 Å². The number of benzene rings is 2. The summed E-state index contributed by atoms with van der Waals surface area (Å²) in [5, 5.41) is 0. The van der Waals surface area contributed by atoms with E-state index in [4.69, 9.17) is 9.47 Å². The van der Waals surface area contributed by atoms with E-state index in [2.05, 4.69) is 12.1 Å². The Labute approximate surface area is 297 Å². The number of carbonyl (C=O) groups is 4. The molecule has 9 nitrogen and oxygen atoms in total. The molecule has 2 aliphatic carbocycles. The number of amides is 2. The van der Waals surface area contributed by atoms with E-state index in [0.29, 0.717) is 68.7 Å². The minimum absolute atomic E-state index is 0.138. The van der Waals surface area contributed by atoms with Crippen LogP contribution in [0.3, 0.4) is 0 Å². The molecule has 2 heterocycles. The molecule has 0 bridgehead atoms. The first-order chi connectivity index (χ1) is 22.9. The fourth-order valence-corrected chi connectivity index (χ4v) is 8.29. The van der Waals surface area contributed by atoms with Crippen LogP contribution in [0.15, 0.2) is 46.2 Å². The second-order valence-corrected chi connectivity index (χ2v) is 18.1. The topological polar surface area (TPSA) is 110 Å². The van der Waals surface area contributed by atoms with Crippen LogP contribution < -0.4 is 0 Å². The van der Waals surface area contributed by atoms with Gasteiger partial charge in [0.1, 0.15) is 11.2 Å². The summed E-state index contributed by atoms with van der Waals surface area (Å²) in [6, 6.07) is 11.8. The molecule has 2 aliphatic heterocycles. The fraction of sp³-hybridized carbons (Fsp3) is 0.579. The van der Waals surface area contributed by atoms with Crippen molar-refractivity contribution in [3.63, 3.8) is 0 Å². The lowest BCUT2D eigenvalue weighted by Crippen LogP contribution is -2.47. The zero-order chi connectivity index (χ0) is 35.9. The standard InChI is InChI=1S/C19H25NO4S.C19H25NO3S/c1-18(2,3)24-17(22)20-9-7-19(8-10-20)12-13-5-6-14(25(4)23)11-15(13)16(19)21;1-18(2,3)23-17(22)20-9-7-19(8-10-20)12-13-5-6-14(24-4)11-15(13)16(19)21/h5-6,11H,7-10,12H2,1-4H3;5-6,11H,7-10,12H2,1-4H3. The van der Waals surface area contributed by atoms with Crippen molar-refractivity contribution in [2.24, 2.45) is 10.8 Å². The summed E-state index contributed by atoms with van der Waals surface area (Å²) in [7, 11) is -1.10. The van der Waals surface area contributed by atoms with Crippen molar-refractivity contribution in [1.82, 2.24) is 9.80 Å². The SMILES string of the molecule is CS(=O)c1ccc2c(c1)C(=O)C1(CCN(C(=O)OC(C)(C)C)CC1)C2.CSc1ccc2c(c1)C(=O)C1(CCN(C(=O)OC(C)(C)C)CC1)C2. The number of ketones is 2. The molecule has 2 saturated heterocycles. The van der Waals surface area contributed by atoms with Crippen molar-refractivity contribution in [3.8, 4) is 0 Å². The summed E-state index contributed by atoms with van der Waals surface area (Å²) in [5.41, 5.74) is 2.03. The van der Waals surface area contributed by atoms with Crippen LogP contribution in [0.1, 0.15) is 99.1 Å². The third kappa shape index (κ3) is 8.08. The van der Waals surface area contributed by atoms with Gasteiger partial charge in [-0.25, -0.2) is 9.59 Å². The second-order valence-electron chi connectivity index (χ2n) is 15.8. The van der Waals surface area contributed by atoms with Crippen LogP contribution in [0.5, 0.6) is 0 Å². The fourth-order valence-electron chi connectivity index (χ4n) is 7.30. The largest absolute Gasteiger partial charge is 0.444 e. The van der Waals surface area contributed by atoms with E-state index in [1.165, 1.54) is 0 Å². The van der Waals surface area contributed by atoms with Crippen molar-refractivity contribution in [3.05, 3.63) is 58.7 Å². The van der Waals surface area contributed by atoms with E-state index >= 15 is 0 Å². The molecule has 0 aromatic heterocycles. The molecule has 0 radical (unpaired) electrons. The van der Waals surface area contributed by atoms with Crippen molar-refractivity contribution in [2.75, 3.05) is 38.7 Å². The Kier molecular flexibility index (Phi) is 10.5. The van der Waals surface area contributed by atoms with Crippen LogP contribution in [0.25, 0.3) is 0 Å². The molecule has 11 heteroatoms. The second kappa shape index (κ2) is 13.9. The highest BCUT2D eigenvalue weighted by atomic mass is 32.2. The quantitative estimate of drug-likeness (QED) is 0.298. The van der Waals surface area contributed by atoms with E-state index < -0.39 is 27.4 Å². The van der Waals surface area contributed by atoms with Crippen LogP contribution in [0.2, 0.25) is 0 Å². The van der Waals surface area contributed by atoms with Crippen molar-refractivity contribution >= 4 is 46.3 Å². The van der Waals surface area contributed by atoms with Gasteiger partial charge in [-0.05, 0) is 122 Å². The maximum Gasteiger partial charge on any atom is 0.410 e. The molecule has 1 atom stereocenters. The third-order valence-electron chi connectivity index (χ3n) is 9.99. The Morgan fingerprint density at radius 3 is 1.51 bits per heavy atom. The normalized spacial score (nSPS) is 20.0. The lowest BCUT2D eigenvalue weighted by Gasteiger charge is -2.38. The first-order valence-electron chi connectivity index (χ1n) is 17.0. The zero-order valence-corrected chi connectivity index (χ0v) is 31.7. The first kappa shape index (κ1) is 37.1. The van der Waals surface area contributed by atoms with Crippen molar-refractivity contribution < 1.29 is 32.9 Å². The Morgan fingerprint density at radius 2 is 1.12 bits per heavy atom. The van der Waals surface area contributed by atoms with Gasteiger partial charge in [0, 0.05) is 75.0 Å². The maximum atomic E-state index is 13.0. The Morgan fingerprint density at radius 1 is 0.714 bits per heavy atom. The number of thioether (sulfide) groups is 1. The number of fused-ring (bicyclic) bond motifs is 2.